The number of likely N-dealkylation sites (tertiary alicyclic amines) is 1. The van der Waals surface area contributed by atoms with E-state index in [0.29, 0.717) is 35.3 Å². The van der Waals surface area contributed by atoms with Crippen LogP contribution in [0.1, 0.15) is 55.9 Å². The Bertz CT molecular complexity index is 1580. The molecule has 1 aromatic heterocycles. The molecule has 0 bridgehead atoms. The monoisotopic (exact) mass is 686 g/mol. The molecule has 1 aliphatic carbocycles. The van der Waals surface area contributed by atoms with E-state index in [4.69, 9.17) is 21.1 Å². The van der Waals surface area contributed by atoms with E-state index >= 15 is 0 Å². The molecule has 0 radical (unpaired) electrons. The van der Waals surface area contributed by atoms with Crippen LogP contribution in [0, 0.1) is 0 Å². The molecule has 3 heterocycles. The summed E-state index contributed by atoms with van der Waals surface area (Å²) in [5, 5.41) is 15.7. The lowest BCUT2D eigenvalue weighted by Gasteiger charge is -2.35. The van der Waals surface area contributed by atoms with Crippen LogP contribution in [0.2, 0.25) is 5.02 Å². The first-order valence-corrected chi connectivity index (χ1v) is 16.5. The summed E-state index contributed by atoms with van der Waals surface area (Å²) in [6.45, 7) is 2.74. The van der Waals surface area contributed by atoms with Crippen LogP contribution in [-0.2, 0) is 23.9 Å². The maximum Gasteiger partial charge on any atom is 0.409 e. The van der Waals surface area contributed by atoms with E-state index in [0.717, 1.165) is 12.8 Å². The molecule has 5 amide bonds. The molecule has 1 saturated carbocycles. The van der Waals surface area contributed by atoms with Gasteiger partial charge in [-0.25, -0.2) is 9.78 Å². The van der Waals surface area contributed by atoms with Gasteiger partial charge in [0.2, 0.25) is 11.8 Å². The molecular formula is C32H39ClN6O9. The third-order valence-electron chi connectivity index (χ3n) is 8.48. The number of pyridine rings is 1. The van der Waals surface area contributed by atoms with E-state index in [1.54, 1.807) is 25.1 Å². The summed E-state index contributed by atoms with van der Waals surface area (Å²) >= 11 is 6.24. The van der Waals surface area contributed by atoms with Gasteiger partial charge in [0.05, 0.1) is 12.1 Å². The predicted octanol–water partition coefficient (Wildman–Crippen LogP) is 1.80. The van der Waals surface area contributed by atoms with Crippen molar-refractivity contribution in [1.82, 2.24) is 30.3 Å². The van der Waals surface area contributed by atoms with E-state index in [2.05, 4.69) is 15.6 Å². The Balaban J connectivity index is 1.30. The Morgan fingerprint density at radius 2 is 1.75 bits per heavy atom. The number of hydrogen-bond donors (Lipinski definition) is 3. The van der Waals surface area contributed by atoms with Crippen LogP contribution in [0.5, 0.6) is 5.75 Å². The highest BCUT2D eigenvalue weighted by Gasteiger charge is 2.37. The summed E-state index contributed by atoms with van der Waals surface area (Å²) in [7, 11) is 0. The second-order valence-corrected chi connectivity index (χ2v) is 12.4. The molecule has 3 aliphatic rings. The zero-order valence-corrected chi connectivity index (χ0v) is 27.4. The van der Waals surface area contributed by atoms with Gasteiger partial charge >= 0.3 is 12.1 Å². The van der Waals surface area contributed by atoms with Gasteiger partial charge in [-0.15, -0.1) is 0 Å². The van der Waals surface area contributed by atoms with Crippen molar-refractivity contribution in [2.75, 3.05) is 45.9 Å². The van der Waals surface area contributed by atoms with Crippen molar-refractivity contribution >= 4 is 58.2 Å². The van der Waals surface area contributed by atoms with Gasteiger partial charge in [-0.3, -0.25) is 24.0 Å². The first-order chi connectivity index (χ1) is 23.0. The van der Waals surface area contributed by atoms with E-state index in [-0.39, 0.29) is 74.9 Å². The molecule has 2 saturated heterocycles. The largest absolute Gasteiger partial charge is 0.483 e. The van der Waals surface area contributed by atoms with Gasteiger partial charge in [0.1, 0.15) is 23.5 Å². The van der Waals surface area contributed by atoms with Crippen LogP contribution in [0.3, 0.4) is 0 Å². The number of ether oxygens (including phenoxy) is 2. The average Bonchev–Trinajstić information content (AvgIpc) is 3.75. The van der Waals surface area contributed by atoms with Crippen molar-refractivity contribution in [2.45, 2.75) is 63.6 Å². The average molecular weight is 687 g/mol. The molecule has 16 heteroatoms. The number of hydrogen-bond acceptors (Lipinski definition) is 9. The van der Waals surface area contributed by atoms with Crippen molar-refractivity contribution in [3.05, 3.63) is 35.0 Å². The highest BCUT2D eigenvalue weighted by atomic mass is 35.5. The smallest absolute Gasteiger partial charge is 0.409 e. The third-order valence-corrected chi connectivity index (χ3v) is 8.72. The van der Waals surface area contributed by atoms with Crippen LogP contribution in [0.25, 0.3) is 10.9 Å². The second kappa shape index (κ2) is 15.5. The third kappa shape index (κ3) is 8.62. The fourth-order valence-electron chi connectivity index (χ4n) is 5.79. The van der Waals surface area contributed by atoms with Crippen LogP contribution in [0.4, 0.5) is 4.79 Å². The number of halogens is 1. The molecule has 48 heavy (non-hydrogen) atoms. The molecule has 2 atom stereocenters. The minimum absolute atomic E-state index is 0.129. The molecule has 15 nitrogen and oxygen atoms in total. The molecule has 2 unspecified atom stereocenters. The molecule has 3 fully saturated rings. The maximum absolute atomic E-state index is 13.6. The Labute approximate surface area is 281 Å². The van der Waals surface area contributed by atoms with Crippen molar-refractivity contribution in [2.24, 2.45) is 0 Å². The summed E-state index contributed by atoms with van der Waals surface area (Å²) in [4.78, 5) is 85.3. The molecule has 258 valence electrons. The first kappa shape index (κ1) is 34.7. The fraction of sp³-hybridized carbons (Fsp3) is 0.531. The number of carbonyl (C=O) groups excluding carboxylic acids is 5. The topological polar surface area (TPSA) is 188 Å². The highest BCUT2D eigenvalue weighted by Crippen LogP contribution is 2.29. The number of benzene rings is 1. The van der Waals surface area contributed by atoms with Gasteiger partial charge in [-0.05, 0) is 57.2 Å². The number of carbonyl (C=O) groups is 6. The van der Waals surface area contributed by atoms with E-state index in [9.17, 15) is 33.9 Å². The predicted molar refractivity (Wildman–Crippen MR) is 171 cm³/mol. The molecule has 2 aromatic rings. The van der Waals surface area contributed by atoms with Gasteiger partial charge in [-0.2, -0.15) is 0 Å². The van der Waals surface area contributed by atoms with Gasteiger partial charge < -0.3 is 39.9 Å². The van der Waals surface area contributed by atoms with Crippen molar-refractivity contribution in [1.29, 1.82) is 0 Å². The molecule has 0 spiro atoms. The number of fused-ring (bicyclic) bond motifs is 1. The van der Waals surface area contributed by atoms with Gasteiger partial charge in [0.15, 0.2) is 6.61 Å². The Kier molecular flexibility index (Phi) is 11.2. The molecular weight excluding hydrogens is 648 g/mol. The van der Waals surface area contributed by atoms with Crippen LogP contribution in [0.15, 0.2) is 24.3 Å². The Morgan fingerprint density at radius 3 is 2.44 bits per heavy atom. The van der Waals surface area contributed by atoms with Crippen LogP contribution < -0.4 is 15.4 Å². The lowest BCUT2D eigenvalue weighted by atomic mass is 10.1. The number of aromatic nitrogens is 1. The summed E-state index contributed by atoms with van der Waals surface area (Å²) in [6, 6.07) is 4.49. The number of rotatable bonds is 12. The first-order valence-electron chi connectivity index (χ1n) is 16.1. The summed E-state index contributed by atoms with van der Waals surface area (Å²) in [6.07, 6.45) is 2.08. The number of aliphatic carboxylic acids is 1. The Morgan fingerprint density at radius 1 is 1.02 bits per heavy atom. The standard InChI is InChI=1S/C32H39ClN6O9/c1-2-47-32(46)38-14-12-37(13-15-38)31(45)23(9-10-28(41)42)36-29(43)24-17-26(21-16-19(33)5-8-22(21)35-24)48-18-27(40)39-11-3-4-25(39)30(44)34-20-6-7-20/h5,8,16-17,20,23,25H,2-4,6-7,9-15,18H2,1H3,(H,34,44)(H,36,43)(H,41,42). The summed E-state index contributed by atoms with van der Waals surface area (Å²) in [5.41, 5.74) is 0.205. The highest BCUT2D eigenvalue weighted by molar-refractivity contribution is 6.31. The van der Waals surface area contributed by atoms with Crippen LogP contribution in [-0.4, -0.2) is 125 Å². The minimum Gasteiger partial charge on any atom is -0.483 e. The van der Waals surface area contributed by atoms with Crippen LogP contribution >= 0.6 is 11.6 Å². The molecule has 1 aromatic carbocycles. The van der Waals surface area contributed by atoms with Crippen molar-refractivity contribution in [3.63, 3.8) is 0 Å². The van der Waals surface area contributed by atoms with Gasteiger partial charge in [-0.1, -0.05) is 11.6 Å². The minimum atomic E-state index is -1.19. The van der Waals surface area contributed by atoms with E-state index in [1.165, 1.54) is 20.8 Å². The lowest BCUT2D eigenvalue weighted by Crippen LogP contribution is -2.56. The SMILES string of the molecule is CCOC(=O)N1CCN(C(=O)C(CCC(=O)O)NC(=O)c2cc(OCC(=O)N3CCCC3C(=O)NC3CC3)c3cc(Cl)ccc3n2)CC1. The summed E-state index contributed by atoms with van der Waals surface area (Å²) in [5.74, 6) is -2.80. The molecule has 3 N–H and O–H groups in total. The quantitative estimate of drug-likeness (QED) is 0.297. The van der Waals surface area contributed by atoms with Crippen molar-refractivity contribution in [3.8, 4) is 5.75 Å². The van der Waals surface area contributed by atoms with E-state index in [1.807, 2.05) is 0 Å². The second-order valence-electron chi connectivity index (χ2n) is 12.0. The number of carboxylic acids is 1. The number of nitrogens with one attached hydrogen (secondary N) is 2. The molecule has 2 aliphatic heterocycles. The zero-order valence-electron chi connectivity index (χ0n) is 26.6. The zero-order chi connectivity index (χ0) is 34.4. The number of piperazine rings is 1. The van der Waals surface area contributed by atoms with Gasteiger partial charge in [0.25, 0.3) is 11.8 Å². The number of amides is 5. The number of carboxylic acid groups (broad SMARTS) is 1. The lowest BCUT2D eigenvalue weighted by molar-refractivity contribution is -0.140. The number of nitrogens with zero attached hydrogens (tertiary/aromatic N) is 4. The van der Waals surface area contributed by atoms with E-state index < -0.39 is 42.6 Å². The summed E-state index contributed by atoms with van der Waals surface area (Å²) < 4.78 is 11.0. The van der Waals surface area contributed by atoms with Crippen molar-refractivity contribution < 1.29 is 43.3 Å². The fourth-order valence-corrected chi connectivity index (χ4v) is 5.96. The maximum atomic E-state index is 13.6. The van der Waals surface area contributed by atoms with Gasteiger partial charge in [0, 0.05) is 61.7 Å². The normalized spacial score (nSPS) is 18.3. The molecule has 5 rings (SSSR count). The Hall–Kier alpha value is -4.66.